The van der Waals surface area contributed by atoms with Crippen LogP contribution in [0.1, 0.15) is 20.3 Å². The number of nitrogens with one attached hydrogen (secondary N) is 2. The number of ether oxygens (including phenoxy) is 2. The Hall–Kier alpha value is -0.360. The molecular formula is C11H25ClN2O3. The fraction of sp³-hybridized carbons (Fsp3) is 0.909. The van der Waals surface area contributed by atoms with Crippen LogP contribution in [-0.4, -0.2) is 52.0 Å². The Morgan fingerprint density at radius 3 is 2.59 bits per heavy atom. The van der Waals surface area contributed by atoms with Gasteiger partial charge in [-0.1, -0.05) is 6.92 Å². The minimum absolute atomic E-state index is 0. The van der Waals surface area contributed by atoms with Gasteiger partial charge < -0.3 is 20.1 Å². The zero-order valence-electron chi connectivity index (χ0n) is 11.0. The van der Waals surface area contributed by atoms with Gasteiger partial charge in [0.1, 0.15) is 0 Å². The molecule has 6 heteroatoms. The van der Waals surface area contributed by atoms with Gasteiger partial charge in [-0.3, -0.25) is 4.79 Å². The lowest BCUT2D eigenvalue weighted by Crippen LogP contribution is -2.39. The molecule has 104 valence electrons. The molecule has 0 unspecified atom stereocenters. The number of hydrogen-bond donors (Lipinski definition) is 2. The smallest absolute Gasteiger partial charge is 0.222 e. The molecule has 0 rings (SSSR count). The maximum absolute atomic E-state index is 11.3. The molecule has 0 saturated carbocycles. The number of halogens is 1. The third-order valence-corrected chi connectivity index (χ3v) is 2.06. The van der Waals surface area contributed by atoms with Crippen molar-refractivity contribution in [2.75, 3.05) is 40.0 Å². The van der Waals surface area contributed by atoms with E-state index in [1.807, 2.05) is 13.8 Å². The Morgan fingerprint density at radius 2 is 2.00 bits per heavy atom. The molecule has 0 aliphatic carbocycles. The summed E-state index contributed by atoms with van der Waals surface area (Å²) in [5.74, 6) is 0.0298. The summed E-state index contributed by atoms with van der Waals surface area (Å²) in [4.78, 5) is 11.3. The summed E-state index contributed by atoms with van der Waals surface area (Å²) >= 11 is 0. The summed E-state index contributed by atoms with van der Waals surface area (Å²) in [5, 5.41) is 6.07. The van der Waals surface area contributed by atoms with Crippen LogP contribution in [0.4, 0.5) is 0 Å². The van der Waals surface area contributed by atoms with E-state index in [-0.39, 0.29) is 18.3 Å². The van der Waals surface area contributed by atoms with Crippen molar-refractivity contribution in [1.82, 2.24) is 10.6 Å². The van der Waals surface area contributed by atoms with Crippen LogP contribution in [0.15, 0.2) is 0 Å². The van der Waals surface area contributed by atoms with E-state index < -0.39 is 0 Å². The average Bonchev–Trinajstić information content (AvgIpc) is 2.26. The number of amides is 1. The van der Waals surface area contributed by atoms with Gasteiger partial charge in [0.2, 0.25) is 5.91 Å². The maximum Gasteiger partial charge on any atom is 0.222 e. The molecule has 0 radical (unpaired) electrons. The van der Waals surface area contributed by atoms with Crippen molar-refractivity contribution in [2.24, 2.45) is 0 Å². The topological polar surface area (TPSA) is 59.6 Å². The lowest BCUT2D eigenvalue weighted by Gasteiger charge is -2.13. The van der Waals surface area contributed by atoms with Crippen LogP contribution in [0.3, 0.4) is 0 Å². The van der Waals surface area contributed by atoms with Crippen molar-refractivity contribution < 1.29 is 14.3 Å². The molecule has 0 fully saturated rings. The van der Waals surface area contributed by atoms with Gasteiger partial charge >= 0.3 is 0 Å². The van der Waals surface area contributed by atoms with Crippen LogP contribution >= 0.6 is 12.4 Å². The van der Waals surface area contributed by atoms with Crippen LogP contribution < -0.4 is 10.6 Å². The molecule has 0 spiro atoms. The molecule has 5 nitrogen and oxygen atoms in total. The predicted molar refractivity (Wildman–Crippen MR) is 70.7 cm³/mol. The second-order valence-corrected chi connectivity index (χ2v) is 3.62. The van der Waals surface area contributed by atoms with Gasteiger partial charge in [0.05, 0.1) is 19.8 Å². The van der Waals surface area contributed by atoms with Gasteiger partial charge in [0.25, 0.3) is 0 Å². The zero-order chi connectivity index (χ0) is 12.2. The van der Waals surface area contributed by atoms with E-state index in [2.05, 4.69) is 10.6 Å². The number of hydrogen-bond acceptors (Lipinski definition) is 4. The van der Waals surface area contributed by atoms with E-state index >= 15 is 0 Å². The fourth-order valence-electron chi connectivity index (χ4n) is 1.19. The first-order valence-electron chi connectivity index (χ1n) is 5.77. The van der Waals surface area contributed by atoms with Crippen LogP contribution in [0.5, 0.6) is 0 Å². The number of rotatable bonds is 10. The van der Waals surface area contributed by atoms with E-state index in [0.717, 1.165) is 6.54 Å². The predicted octanol–water partition coefficient (Wildman–Crippen LogP) is 0.576. The standard InChI is InChI=1S/C11H24N2O3.ClH/c1-4-12-10(2)9-13-11(14)5-6-16-8-7-15-3;/h10,12H,4-9H2,1-3H3,(H,13,14);1H/t10-;/m1./s1. The van der Waals surface area contributed by atoms with Crippen LogP contribution in [0, 0.1) is 0 Å². The number of likely N-dealkylation sites (N-methyl/N-ethyl adjacent to an activating group) is 1. The van der Waals surface area contributed by atoms with Crippen molar-refractivity contribution in [3.8, 4) is 0 Å². The highest BCUT2D eigenvalue weighted by molar-refractivity contribution is 5.85. The van der Waals surface area contributed by atoms with Crippen molar-refractivity contribution in [3.05, 3.63) is 0 Å². The molecule has 0 aromatic rings. The number of methoxy groups -OCH3 is 1. The Kier molecular flexibility index (Phi) is 15.3. The SMILES string of the molecule is CCN[C@H](C)CNC(=O)CCOCCOC.Cl. The van der Waals surface area contributed by atoms with Gasteiger partial charge in [-0.2, -0.15) is 0 Å². The second-order valence-electron chi connectivity index (χ2n) is 3.62. The van der Waals surface area contributed by atoms with E-state index in [9.17, 15) is 4.79 Å². The molecule has 2 N–H and O–H groups in total. The molecular weight excluding hydrogens is 244 g/mol. The van der Waals surface area contributed by atoms with Crippen molar-refractivity contribution in [2.45, 2.75) is 26.3 Å². The van der Waals surface area contributed by atoms with E-state index in [0.29, 0.717) is 38.8 Å². The summed E-state index contributed by atoms with van der Waals surface area (Å²) < 4.78 is 10.0. The minimum Gasteiger partial charge on any atom is -0.382 e. The first kappa shape index (κ1) is 19.0. The highest BCUT2D eigenvalue weighted by Gasteiger charge is 2.03. The quantitative estimate of drug-likeness (QED) is 0.569. The molecule has 0 aliphatic heterocycles. The molecule has 17 heavy (non-hydrogen) atoms. The van der Waals surface area contributed by atoms with Crippen LogP contribution in [0.25, 0.3) is 0 Å². The normalized spacial score (nSPS) is 11.7. The van der Waals surface area contributed by atoms with Crippen LogP contribution in [0.2, 0.25) is 0 Å². The minimum atomic E-state index is 0. The molecule has 1 atom stereocenters. The van der Waals surface area contributed by atoms with Crippen molar-refractivity contribution in [3.63, 3.8) is 0 Å². The molecule has 0 saturated heterocycles. The number of carbonyl (C=O) groups is 1. The molecule has 0 bridgehead atoms. The molecule has 0 aromatic carbocycles. The highest BCUT2D eigenvalue weighted by atomic mass is 35.5. The Bertz CT molecular complexity index is 182. The summed E-state index contributed by atoms with van der Waals surface area (Å²) in [6, 6.07) is 0.309. The van der Waals surface area contributed by atoms with E-state index in [1.54, 1.807) is 7.11 Å². The molecule has 0 aromatic heterocycles. The first-order chi connectivity index (χ1) is 7.70. The van der Waals surface area contributed by atoms with Gasteiger partial charge in [-0.05, 0) is 13.5 Å². The largest absolute Gasteiger partial charge is 0.382 e. The average molecular weight is 269 g/mol. The lowest BCUT2D eigenvalue weighted by atomic mass is 10.3. The van der Waals surface area contributed by atoms with Gasteiger partial charge in [0.15, 0.2) is 0 Å². The summed E-state index contributed by atoms with van der Waals surface area (Å²) in [5.41, 5.74) is 0. The Labute approximate surface area is 110 Å². The molecule has 0 aliphatic rings. The Morgan fingerprint density at radius 1 is 1.29 bits per heavy atom. The molecule has 1 amide bonds. The third-order valence-electron chi connectivity index (χ3n) is 2.06. The summed E-state index contributed by atoms with van der Waals surface area (Å²) in [6.45, 7) is 7.21. The Balaban J connectivity index is 0. The van der Waals surface area contributed by atoms with Gasteiger partial charge in [-0.15, -0.1) is 12.4 Å². The fourth-order valence-corrected chi connectivity index (χ4v) is 1.19. The summed E-state index contributed by atoms with van der Waals surface area (Å²) in [6.07, 6.45) is 0.405. The zero-order valence-corrected chi connectivity index (χ0v) is 11.8. The monoisotopic (exact) mass is 268 g/mol. The van der Waals surface area contributed by atoms with Gasteiger partial charge in [-0.25, -0.2) is 0 Å². The maximum atomic E-state index is 11.3. The second kappa shape index (κ2) is 13.7. The summed E-state index contributed by atoms with van der Waals surface area (Å²) in [7, 11) is 1.62. The lowest BCUT2D eigenvalue weighted by molar-refractivity contribution is -0.122. The molecule has 0 heterocycles. The van der Waals surface area contributed by atoms with Gasteiger partial charge in [0, 0.05) is 26.1 Å². The van der Waals surface area contributed by atoms with Crippen molar-refractivity contribution >= 4 is 18.3 Å². The van der Waals surface area contributed by atoms with E-state index in [1.165, 1.54) is 0 Å². The third kappa shape index (κ3) is 13.6. The van der Waals surface area contributed by atoms with E-state index in [4.69, 9.17) is 9.47 Å². The number of carbonyl (C=O) groups excluding carboxylic acids is 1. The van der Waals surface area contributed by atoms with Crippen molar-refractivity contribution in [1.29, 1.82) is 0 Å². The van der Waals surface area contributed by atoms with Crippen LogP contribution in [-0.2, 0) is 14.3 Å². The highest BCUT2D eigenvalue weighted by Crippen LogP contribution is 1.85. The first-order valence-corrected chi connectivity index (χ1v) is 5.77.